The predicted octanol–water partition coefficient (Wildman–Crippen LogP) is 3.26. The number of piperidine rings is 1. The van der Waals surface area contributed by atoms with E-state index < -0.39 is 0 Å². The summed E-state index contributed by atoms with van der Waals surface area (Å²) in [4.78, 5) is 16.1. The average Bonchev–Trinajstić information content (AvgIpc) is 3.41. The molecule has 6 nitrogen and oxygen atoms in total. The summed E-state index contributed by atoms with van der Waals surface area (Å²) in [5, 5.41) is 12.3. The SMILES string of the molecule is O=C(NCc1cn[nH]c1-c1cccs1)[C@H]1CCCN(Cc2ccco2)C1. The first kappa shape index (κ1) is 17.1. The van der Waals surface area contributed by atoms with Gasteiger partial charge in [-0.2, -0.15) is 5.10 Å². The molecule has 1 aliphatic heterocycles. The van der Waals surface area contributed by atoms with Gasteiger partial charge in [0.15, 0.2) is 0 Å². The summed E-state index contributed by atoms with van der Waals surface area (Å²) in [7, 11) is 0. The van der Waals surface area contributed by atoms with Gasteiger partial charge in [0.1, 0.15) is 5.76 Å². The number of nitrogens with zero attached hydrogens (tertiary/aromatic N) is 2. The zero-order valence-corrected chi connectivity index (χ0v) is 15.3. The van der Waals surface area contributed by atoms with Crippen LogP contribution in [0.25, 0.3) is 10.6 Å². The average molecular weight is 370 g/mol. The standard InChI is InChI=1S/C19H22N4O2S/c24-19(14-4-1-7-23(12-14)13-16-5-2-8-25-16)20-10-15-11-21-22-18(15)17-6-3-9-26-17/h2-3,5-6,8-9,11,14H,1,4,7,10,12-13H2,(H,20,24)(H,21,22)/t14-/m0/s1. The topological polar surface area (TPSA) is 74.2 Å². The molecule has 3 aromatic heterocycles. The van der Waals surface area contributed by atoms with Crippen molar-refractivity contribution in [3.05, 3.63) is 53.4 Å². The van der Waals surface area contributed by atoms with Gasteiger partial charge in [0, 0.05) is 18.7 Å². The van der Waals surface area contributed by atoms with Crippen molar-refractivity contribution in [3.8, 4) is 10.6 Å². The second-order valence-corrected chi connectivity index (χ2v) is 7.57. The van der Waals surface area contributed by atoms with Crippen LogP contribution in [0.1, 0.15) is 24.2 Å². The molecule has 3 aromatic rings. The zero-order chi connectivity index (χ0) is 17.8. The van der Waals surface area contributed by atoms with Crippen LogP contribution in [0.15, 0.2) is 46.5 Å². The molecule has 0 bridgehead atoms. The van der Waals surface area contributed by atoms with E-state index in [2.05, 4.69) is 26.5 Å². The first-order chi connectivity index (χ1) is 12.8. The molecule has 0 aromatic carbocycles. The minimum absolute atomic E-state index is 0.0239. The number of amides is 1. The Morgan fingerprint density at radius 2 is 2.38 bits per heavy atom. The van der Waals surface area contributed by atoms with Crippen molar-refractivity contribution in [3.63, 3.8) is 0 Å². The Bertz CT molecular complexity index is 826. The Kier molecular flexibility index (Phi) is 5.17. The van der Waals surface area contributed by atoms with Gasteiger partial charge in [0.05, 0.1) is 35.5 Å². The smallest absolute Gasteiger partial charge is 0.224 e. The minimum Gasteiger partial charge on any atom is -0.468 e. The van der Waals surface area contributed by atoms with E-state index in [1.54, 1.807) is 23.8 Å². The normalized spacial score (nSPS) is 18.1. The highest BCUT2D eigenvalue weighted by Crippen LogP contribution is 2.26. The largest absolute Gasteiger partial charge is 0.468 e. The fourth-order valence-electron chi connectivity index (χ4n) is 3.44. The number of hydrogen-bond donors (Lipinski definition) is 2. The molecule has 0 spiro atoms. The van der Waals surface area contributed by atoms with Gasteiger partial charge >= 0.3 is 0 Å². The summed E-state index contributed by atoms with van der Waals surface area (Å²) < 4.78 is 5.43. The second-order valence-electron chi connectivity index (χ2n) is 6.62. The highest BCUT2D eigenvalue weighted by atomic mass is 32.1. The number of H-pyrrole nitrogens is 1. The molecule has 136 valence electrons. The maximum atomic E-state index is 12.6. The molecular weight excluding hydrogens is 348 g/mol. The van der Waals surface area contributed by atoms with Gasteiger partial charge in [-0.25, -0.2) is 0 Å². The number of carbonyl (C=O) groups excluding carboxylic acids is 1. The highest BCUT2D eigenvalue weighted by molar-refractivity contribution is 7.13. The van der Waals surface area contributed by atoms with E-state index in [1.807, 2.05) is 23.6 Å². The van der Waals surface area contributed by atoms with Crippen molar-refractivity contribution in [2.45, 2.75) is 25.9 Å². The number of aromatic amines is 1. The summed E-state index contributed by atoms with van der Waals surface area (Å²) in [6.07, 6.45) is 5.45. The van der Waals surface area contributed by atoms with Crippen LogP contribution in [-0.4, -0.2) is 34.1 Å². The lowest BCUT2D eigenvalue weighted by Gasteiger charge is -2.31. The fourth-order valence-corrected chi connectivity index (χ4v) is 4.20. The highest BCUT2D eigenvalue weighted by Gasteiger charge is 2.26. The maximum absolute atomic E-state index is 12.6. The van der Waals surface area contributed by atoms with Crippen LogP contribution in [0, 0.1) is 5.92 Å². The number of rotatable bonds is 6. The van der Waals surface area contributed by atoms with Gasteiger partial charge in [0.2, 0.25) is 5.91 Å². The Hall–Kier alpha value is -2.38. The third kappa shape index (κ3) is 3.89. The quantitative estimate of drug-likeness (QED) is 0.698. The lowest BCUT2D eigenvalue weighted by Crippen LogP contribution is -2.42. The molecule has 1 atom stereocenters. The van der Waals surface area contributed by atoms with Crippen LogP contribution >= 0.6 is 11.3 Å². The van der Waals surface area contributed by atoms with E-state index in [9.17, 15) is 4.79 Å². The zero-order valence-electron chi connectivity index (χ0n) is 14.5. The van der Waals surface area contributed by atoms with E-state index in [0.29, 0.717) is 6.54 Å². The van der Waals surface area contributed by atoms with Gasteiger partial charge in [-0.05, 0) is 43.0 Å². The first-order valence-electron chi connectivity index (χ1n) is 8.88. The summed E-state index contributed by atoms with van der Waals surface area (Å²) in [6, 6.07) is 7.95. The van der Waals surface area contributed by atoms with E-state index in [4.69, 9.17) is 4.42 Å². The monoisotopic (exact) mass is 370 g/mol. The van der Waals surface area contributed by atoms with Crippen LogP contribution in [0.3, 0.4) is 0 Å². The van der Waals surface area contributed by atoms with Crippen molar-refractivity contribution in [2.75, 3.05) is 13.1 Å². The second kappa shape index (κ2) is 7.88. The number of carbonyl (C=O) groups is 1. The third-order valence-electron chi connectivity index (χ3n) is 4.77. The number of thiophene rings is 1. The first-order valence-corrected chi connectivity index (χ1v) is 9.76. The Morgan fingerprint density at radius 1 is 1.42 bits per heavy atom. The number of nitrogens with one attached hydrogen (secondary N) is 2. The molecule has 1 saturated heterocycles. The van der Waals surface area contributed by atoms with Crippen molar-refractivity contribution >= 4 is 17.2 Å². The summed E-state index contributed by atoms with van der Waals surface area (Å²) in [5.74, 6) is 1.09. The van der Waals surface area contributed by atoms with E-state index in [1.165, 1.54) is 0 Å². The Labute approximate surface area is 156 Å². The molecule has 4 rings (SSSR count). The van der Waals surface area contributed by atoms with Crippen molar-refractivity contribution in [1.29, 1.82) is 0 Å². The van der Waals surface area contributed by atoms with E-state index >= 15 is 0 Å². The molecule has 0 aliphatic carbocycles. The Balaban J connectivity index is 1.33. The van der Waals surface area contributed by atoms with Crippen molar-refractivity contribution in [1.82, 2.24) is 20.4 Å². The van der Waals surface area contributed by atoms with Gasteiger partial charge < -0.3 is 9.73 Å². The van der Waals surface area contributed by atoms with Gasteiger partial charge in [-0.15, -0.1) is 11.3 Å². The molecule has 26 heavy (non-hydrogen) atoms. The van der Waals surface area contributed by atoms with Gasteiger partial charge in [-0.1, -0.05) is 6.07 Å². The lowest BCUT2D eigenvalue weighted by atomic mass is 9.97. The van der Waals surface area contributed by atoms with E-state index in [0.717, 1.165) is 54.4 Å². The Morgan fingerprint density at radius 3 is 3.19 bits per heavy atom. The number of likely N-dealkylation sites (tertiary alicyclic amines) is 1. The van der Waals surface area contributed by atoms with Crippen LogP contribution in [-0.2, 0) is 17.9 Å². The fraction of sp³-hybridized carbons (Fsp3) is 0.368. The van der Waals surface area contributed by atoms with Gasteiger partial charge in [-0.3, -0.25) is 14.8 Å². The molecule has 1 fully saturated rings. The van der Waals surface area contributed by atoms with Crippen LogP contribution in [0.5, 0.6) is 0 Å². The van der Waals surface area contributed by atoms with Crippen LogP contribution < -0.4 is 5.32 Å². The molecule has 2 N–H and O–H groups in total. The molecule has 4 heterocycles. The molecule has 1 amide bonds. The molecule has 1 aliphatic rings. The van der Waals surface area contributed by atoms with Crippen LogP contribution in [0.4, 0.5) is 0 Å². The maximum Gasteiger partial charge on any atom is 0.224 e. The molecule has 0 saturated carbocycles. The number of hydrogen-bond acceptors (Lipinski definition) is 5. The summed E-state index contributed by atoms with van der Waals surface area (Å²) >= 11 is 1.66. The predicted molar refractivity (Wildman–Crippen MR) is 100 cm³/mol. The van der Waals surface area contributed by atoms with Crippen molar-refractivity contribution in [2.24, 2.45) is 5.92 Å². The lowest BCUT2D eigenvalue weighted by molar-refractivity contribution is -0.127. The van der Waals surface area contributed by atoms with Gasteiger partial charge in [0.25, 0.3) is 0 Å². The molecular formula is C19H22N4O2S. The number of furan rings is 1. The molecule has 7 heteroatoms. The minimum atomic E-state index is 0.0239. The van der Waals surface area contributed by atoms with Crippen LogP contribution in [0.2, 0.25) is 0 Å². The summed E-state index contributed by atoms with van der Waals surface area (Å²) in [5.41, 5.74) is 2.01. The number of aromatic nitrogens is 2. The van der Waals surface area contributed by atoms with E-state index in [-0.39, 0.29) is 11.8 Å². The summed E-state index contributed by atoms with van der Waals surface area (Å²) in [6.45, 7) is 3.04. The molecule has 0 radical (unpaired) electrons. The van der Waals surface area contributed by atoms with Crippen molar-refractivity contribution < 1.29 is 9.21 Å². The third-order valence-corrected chi connectivity index (χ3v) is 5.66. The molecule has 0 unspecified atom stereocenters.